The molecule has 12 heteroatoms. The summed E-state index contributed by atoms with van der Waals surface area (Å²) >= 11 is 0. The summed E-state index contributed by atoms with van der Waals surface area (Å²) in [6, 6.07) is 10.8. The van der Waals surface area contributed by atoms with Gasteiger partial charge in [0, 0.05) is 40.5 Å². The minimum absolute atomic E-state index is 0.0689. The van der Waals surface area contributed by atoms with Crippen molar-refractivity contribution in [2.75, 3.05) is 20.7 Å². The molecule has 0 fully saturated rings. The number of amides is 1. The number of halogens is 3. The number of carbonyl (C=O) groups excluding carboxylic acids is 1. The molecular formula is C22H25F3N4O4S. The predicted octanol–water partition coefficient (Wildman–Crippen LogP) is 3.01. The lowest BCUT2D eigenvalue weighted by molar-refractivity contribution is -0.153. The lowest BCUT2D eigenvalue weighted by Gasteiger charge is -2.11. The average Bonchev–Trinajstić information content (AvgIpc) is 3.09. The minimum Gasteiger partial charge on any atom is -0.484 e. The Hall–Kier alpha value is -3.12. The smallest absolute Gasteiger partial charge is 0.422 e. The van der Waals surface area contributed by atoms with Crippen LogP contribution in [0, 0.1) is 0 Å². The molecular weight excluding hydrogens is 473 g/mol. The molecule has 184 valence electrons. The van der Waals surface area contributed by atoms with Gasteiger partial charge in [0.25, 0.3) is 0 Å². The molecule has 0 saturated heterocycles. The van der Waals surface area contributed by atoms with Crippen LogP contribution in [0.1, 0.15) is 17.8 Å². The van der Waals surface area contributed by atoms with Gasteiger partial charge in [-0.1, -0.05) is 12.1 Å². The summed E-state index contributed by atoms with van der Waals surface area (Å²) in [5.41, 5.74) is 1.85. The fraction of sp³-hybridized carbons (Fsp3) is 0.364. The molecule has 0 atom stereocenters. The van der Waals surface area contributed by atoms with Crippen LogP contribution >= 0.6 is 0 Å². The molecule has 0 aliphatic rings. The highest BCUT2D eigenvalue weighted by molar-refractivity contribution is 7.89. The van der Waals surface area contributed by atoms with E-state index in [0.29, 0.717) is 23.3 Å². The van der Waals surface area contributed by atoms with Crippen molar-refractivity contribution in [3.63, 3.8) is 0 Å². The summed E-state index contributed by atoms with van der Waals surface area (Å²) in [6.07, 6.45) is -3.98. The maximum absolute atomic E-state index is 12.4. The van der Waals surface area contributed by atoms with Crippen molar-refractivity contribution in [1.82, 2.24) is 19.2 Å². The Kier molecular flexibility index (Phi) is 7.51. The van der Waals surface area contributed by atoms with Gasteiger partial charge in [0.05, 0.1) is 15.9 Å². The molecule has 1 heterocycles. The minimum atomic E-state index is -4.43. The Morgan fingerprint density at radius 1 is 1.18 bits per heavy atom. The second-order valence-electron chi connectivity index (χ2n) is 7.85. The molecule has 1 amide bonds. The van der Waals surface area contributed by atoms with Crippen LogP contribution in [0.25, 0.3) is 11.0 Å². The Morgan fingerprint density at radius 2 is 1.91 bits per heavy atom. The van der Waals surface area contributed by atoms with Crippen LogP contribution in [0.4, 0.5) is 13.2 Å². The molecule has 0 aliphatic heterocycles. The number of aryl methyl sites for hydroxylation is 2. The summed E-state index contributed by atoms with van der Waals surface area (Å²) in [7, 11) is 1.10. The number of ether oxygens (including phenoxy) is 1. The Labute approximate surface area is 195 Å². The second kappa shape index (κ2) is 10.0. The van der Waals surface area contributed by atoms with Gasteiger partial charge in [-0.2, -0.15) is 13.2 Å². The van der Waals surface area contributed by atoms with Gasteiger partial charge in [-0.05, 0) is 35.9 Å². The molecule has 0 spiro atoms. The van der Waals surface area contributed by atoms with Crippen molar-refractivity contribution in [3.8, 4) is 5.75 Å². The molecule has 0 saturated carbocycles. The van der Waals surface area contributed by atoms with Crippen molar-refractivity contribution < 1.29 is 31.1 Å². The van der Waals surface area contributed by atoms with E-state index < -0.39 is 22.8 Å². The van der Waals surface area contributed by atoms with E-state index in [0.717, 1.165) is 9.82 Å². The number of hydrogen-bond donors (Lipinski definition) is 1. The second-order valence-corrected chi connectivity index (χ2v) is 10.0. The van der Waals surface area contributed by atoms with Gasteiger partial charge in [0.2, 0.25) is 15.9 Å². The number of alkyl halides is 3. The van der Waals surface area contributed by atoms with Crippen LogP contribution in [0.2, 0.25) is 0 Å². The van der Waals surface area contributed by atoms with Crippen LogP contribution in [0.5, 0.6) is 5.75 Å². The van der Waals surface area contributed by atoms with Gasteiger partial charge in [-0.25, -0.2) is 17.7 Å². The number of fused-ring (bicyclic) bond motifs is 1. The standard InChI is InChI=1S/C22H25F3N4O4S/c1-28(2)34(31,32)17-7-8-19-18(12-17)27-20(29(19)3)9-10-21(30)26-13-15-5-4-6-16(11-15)33-14-22(23,24)25/h4-8,11-12H,9-10,13-14H2,1-3H3,(H,26,30). The third-order valence-electron chi connectivity index (χ3n) is 5.09. The first kappa shape index (κ1) is 25.5. The van der Waals surface area contributed by atoms with Crippen LogP contribution in [0.15, 0.2) is 47.4 Å². The van der Waals surface area contributed by atoms with Crippen molar-refractivity contribution in [3.05, 3.63) is 53.9 Å². The quantitative estimate of drug-likeness (QED) is 0.490. The number of nitrogens with one attached hydrogen (secondary N) is 1. The van der Waals surface area contributed by atoms with Crippen molar-refractivity contribution in [2.45, 2.75) is 30.5 Å². The molecule has 0 radical (unpaired) electrons. The predicted molar refractivity (Wildman–Crippen MR) is 120 cm³/mol. The summed E-state index contributed by atoms with van der Waals surface area (Å²) < 4.78 is 69.3. The van der Waals surface area contributed by atoms with E-state index >= 15 is 0 Å². The monoisotopic (exact) mass is 498 g/mol. The zero-order valence-electron chi connectivity index (χ0n) is 18.9. The maximum Gasteiger partial charge on any atom is 0.422 e. The molecule has 0 bridgehead atoms. The largest absolute Gasteiger partial charge is 0.484 e. The van der Waals surface area contributed by atoms with Crippen molar-refractivity contribution in [2.24, 2.45) is 7.05 Å². The molecule has 2 aromatic carbocycles. The van der Waals surface area contributed by atoms with E-state index in [1.807, 2.05) is 0 Å². The molecule has 0 aliphatic carbocycles. The van der Waals surface area contributed by atoms with E-state index in [4.69, 9.17) is 4.74 Å². The van der Waals surface area contributed by atoms with Gasteiger partial charge in [0.1, 0.15) is 11.6 Å². The number of rotatable bonds is 9. The highest BCUT2D eigenvalue weighted by atomic mass is 32.2. The first-order valence-corrected chi connectivity index (χ1v) is 11.7. The topological polar surface area (TPSA) is 93.5 Å². The van der Waals surface area contributed by atoms with Gasteiger partial charge >= 0.3 is 6.18 Å². The average molecular weight is 499 g/mol. The number of nitrogens with zero attached hydrogens (tertiary/aromatic N) is 3. The van der Waals surface area contributed by atoms with E-state index in [2.05, 4.69) is 10.3 Å². The molecule has 8 nitrogen and oxygen atoms in total. The highest BCUT2D eigenvalue weighted by Crippen LogP contribution is 2.22. The molecule has 3 aromatic rings. The lowest BCUT2D eigenvalue weighted by Crippen LogP contribution is -2.23. The van der Waals surface area contributed by atoms with E-state index in [1.54, 1.807) is 29.8 Å². The zero-order chi connectivity index (χ0) is 25.1. The first-order valence-electron chi connectivity index (χ1n) is 10.3. The Morgan fingerprint density at radius 3 is 2.59 bits per heavy atom. The summed E-state index contributed by atoms with van der Waals surface area (Å²) in [5.74, 6) is 0.427. The molecule has 1 aromatic heterocycles. The van der Waals surface area contributed by atoms with Gasteiger partial charge in [0.15, 0.2) is 6.61 Å². The number of imidazole rings is 1. The number of hydrogen-bond acceptors (Lipinski definition) is 5. The number of carbonyl (C=O) groups is 1. The third-order valence-corrected chi connectivity index (χ3v) is 6.90. The SMILES string of the molecule is CN(C)S(=O)(=O)c1ccc2c(c1)nc(CCC(=O)NCc1cccc(OCC(F)(F)F)c1)n2C. The normalized spacial score (nSPS) is 12.3. The molecule has 3 rings (SSSR count). The van der Waals surface area contributed by atoms with Crippen molar-refractivity contribution >= 4 is 27.0 Å². The van der Waals surface area contributed by atoms with E-state index in [1.165, 1.54) is 38.4 Å². The first-order chi connectivity index (χ1) is 15.9. The summed E-state index contributed by atoms with van der Waals surface area (Å²) in [6.45, 7) is -1.25. The summed E-state index contributed by atoms with van der Waals surface area (Å²) in [4.78, 5) is 16.9. The molecule has 0 unspecified atom stereocenters. The lowest BCUT2D eigenvalue weighted by atomic mass is 10.2. The number of aromatic nitrogens is 2. The Balaban J connectivity index is 1.60. The van der Waals surface area contributed by atoms with Crippen LogP contribution < -0.4 is 10.1 Å². The molecule has 1 N–H and O–H groups in total. The third kappa shape index (κ3) is 6.26. The van der Waals surface area contributed by atoms with Crippen molar-refractivity contribution in [1.29, 1.82) is 0 Å². The fourth-order valence-corrected chi connectivity index (χ4v) is 4.17. The highest BCUT2D eigenvalue weighted by Gasteiger charge is 2.28. The van der Waals surface area contributed by atoms with Crippen LogP contribution in [0.3, 0.4) is 0 Å². The number of sulfonamides is 1. The maximum atomic E-state index is 12.4. The Bertz CT molecular complexity index is 1290. The van der Waals surface area contributed by atoms with Crippen LogP contribution in [-0.2, 0) is 34.8 Å². The number of benzene rings is 2. The van der Waals surface area contributed by atoms with E-state index in [-0.39, 0.29) is 29.5 Å². The zero-order valence-corrected chi connectivity index (χ0v) is 19.7. The van der Waals surface area contributed by atoms with Crippen LogP contribution in [-0.4, -0.2) is 55.1 Å². The summed E-state index contributed by atoms with van der Waals surface area (Å²) in [5, 5.41) is 2.72. The van der Waals surface area contributed by atoms with Gasteiger partial charge in [-0.3, -0.25) is 4.79 Å². The van der Waals surface area contributed by atoms with Gasteiger partial charge in [-0.15, -0.1) is 0 Å². The van der Waals surface area contributed by atoms with E-state index in [9.17, 15) is 26.4 Å². The van der Waals surface area contributed by atoms with Gasteiger partial charge < -0.3 is 14.6 Å². The molecule has 34 heavy (non-hydrogen) atoms. The fourth-order valence-electron chi connectivity index (χ4n) is 3.25.